The Labute approximate surface area is 190 Å². The molecule has 9 nitrogen and oxygen atoms in total. The summed E-state index contributed by atoms with van der Waals surface area (Å²) in [6.07, 6.45) is -1.30. The van der Waals surface area contributed by atoms with Crippen molar-refractivity contribution in [2.45, 2.75) is 25.5 Å². The minimum Gasteiger partial charge on any atom is -0.486 e. The molecule has 0 saturated carbocycles. The molecule has 1 aliphatic heterocycles. The molecule has 1 heterocycles. The zero-order valence-corrected chi connectivity index (χ0v) is 17.7. The lowest BCUT2D eigenvalue weighted by Crippen LogP contribution is -2.44. The van der Waals surface area contributed by atoms with Gasteiger partial charge < -0.3 is 24.6 Å². The first-order valence-corrected chi connectivity index (χ1v) is 10.2. The van der Waals surface area contributed by atoms with Gasteiger partial charge in [0.2, 0.25) is 0 Å². The van der Waals surface area contributed by atoms with E-state index in [4.69, 9.17) is 19.3 Å². The van der Waals surface area contributed by atoms with E-state index in [-0.39, 0.29) is 25.4 Å². The van der Waals surface area contributed by atoms with E-state index >= 15 is 0 Å². The Bertz CT molecular complexity index is 1030. The standard InChI is InChI=1S/C24H23NO8/c26-20(14-31-21-15-32-23(29)18(21)11-16-7-3-1-4-8-16)19(12-22(27)28)25-24(30)33-13-17-9-5-2-6-10-17/h1-10,19H,11-15H2,(H,25,30)(H,27,28)/t19-/m0/s1. The maximum absolute atomic E-state index is 12.6. The number of amides is 1. The summed E-state index contributed by atoms with van der Waals surface area (Å²) in [5.41, 5.74) is 1.89. The number of hydrogen-bond acceptors (Lipinski definition) is 7. The second-order valence-electron chi connectivity index (χ2n) is 7.25. The van der Waals surface area contributed by atoms with Crippen molar-refractivity contribution in [2.75, 3.05) is 13.2 Å². The number of cyclic esters (lactones) is 1. The summed E-state index contributed by atoms with van der Waals surface area (Å²) < 4.78 is 15.6. The van der Waals surface area contributed by atoms with Gasteiger partial charge in [-0.3, -0.25) is 9.59 Å². The van der Waals surface area contributed by atoms with Gasteiger partial charge in [0, 0.05) is 6.42 Å². The maximum atomic E-state index is 12.6. The molecule has 2 aromatic rings. The van der Waals surface area contributed by atoms with Crippen LogP contribution in [0.15, 0.2) is 72.0 Å². The van der Waals surface area contributed by atoms with E-state index in [1.54, 1.807) is 24.3 Å². The summed E-state index contributed by atoms with van der Waals surface area (Å²) in [4.78, 5) is 47.9. The lowest BCUT2D eigenvalue weighted by molar-refractivity contribution is -0.140. The first-order chi connectivity index (χ1) is 15.9. The van der Waals surface area contributed by atoms with Crippen molar-refractivity contribution in [3.63, 3.8) is 0 Å². The predicted molar refractivity (Wildman–Crippen MR) is 115 cm³/mol. The molecule has 0 aromatic heterocycles. The SMILES string of the molecule is O=C(O)C[C@H](NC(=O)OCc1ccccc1)C(=O)COC1=C(Cc2ccccc2)C(=O)OC1. The number of carboxylic acids is 1. The number of carbonyl (C=O) groups excluding carboxylic acids is 3. The number of ketones is 1. The van der Waals surface area contributed by atoms with Crippen LogP contribution in [0, 0.1) is 0 Å². The topological polar surface area (TPSA) is 128 Å². The van der Waals surface area contributed by atoms with Gasteiger partial charge in [-0.1, -0.05) is 60.7 Å². The average Bonchev–Trinajstić information content (AvgIpc) is 3.16. The van der Waals surface area contributed by atoms with Crippen LogP contribution in [0.5, 0.6) is 0 Å². The van der Waals surface area contributed by atoms with E-state index in [1.165, 1.54) is 0 Å². The zero-order chi connectivity index (χ0) is 23.6. The molecule has 0 unspecified atom stereocenters. The number of nitrogens with one attached hydrogen (secondary N) is 1. The third-order valence-corrected chi connectivity index (χ3v) is 4.80. The minimum atomic E-state index is -1.36. The van der Waals surface area contributed by atoms with E-state index in [0.29, 0.717) is 5.57 Å². The Hall–Kier alpha value is -4.14. The third-order valence-electron chi connectivity index (χ3n) is 4.80. The van der Waals surface area contributed by atoms with Gasteiger partial charge in [0.1, 0.15) is 31.6 Å². The van der Waals surface area contributed by atoms with Crippen LogP contribution in [0.2, 0.25) is 0 Å². The van der Waals surface area contributed by atoms with Gasteiger partial charge in [0.05, 0.1) is 12.0 Å². The largest absolute Gasteiger partial charge is 0.486 e. The maximum Gasteiger partial charge on any atom is 0.408 e. The Morgan fingerprint density at radius 2 is 1.64 bits per heavy atom. The van der Waals surface area contributed by atoms with Crippen LogP contribution in [0.4, 0.5) is 4.79 Å². The number of carbonyl (C=O) groups is 4. The number of alkyl carbamates (subject to hydrolysis) is 1. The monoisotopic (exact) mass is 453 g/mol. The highest BCUT2D eigenvalue weighted by atomic mass is 16.6. The molecule has 1 amide bonds. The third kappa shape index (κ3) is 7.20. The van der Waals surface area contributed by atoms with Crippen LogP contribution >= 0.6 is 0 Å². The van der Waals surface area contributed by atoms with Crippen molar-refractivity contribution in [1.29, 1.82) is 0 Å². The zero-order valence-electron chi connectivity index (χ0n) is 17.7. The average molecular weight is 453 g/mol. The van der Waals surface area contributed by atoms with Gasteiger partial charge in [0.15, 0.2) is 5.78 Å². The van der Waals surface area contributed by atoms with Crippen molar-refractivity contribution in [3.8, 4) is 0 Å². The molecule has 33 heavy (non-hydrogen) atoms. The molecule has 9 heteroatoms. The molecular formula is C24H23NO8. The Kier molecular flexibility index (Phi) is 8.18. The number of carboxylic acid groups (broad SMARTS) is 1. The summed E-state index contributed by atoms with van der Waals surface area (Å²) in [6.45, 7) is -0.696. The molecule has 0 radical (unpaired) electrons. The van der Waals surface area contributed by atoms with Gasteiger partial charge in [-0.2, -0.15) is 0 Å². The van der Waals surface area contributed by atoms with Crippen molar-refractivity contribution in [2.24, 2.45) is 0 Å². The van der Waals surface area contributed by atoms with E-state index in [9.17, 15) is 19.2 Å². The van der Waals surface area contributed by atoms with Crippen LogP contribution in [0.1, 0.15) is 17.5 Å². The van der Waals surface area contributed by atoms with Crippen molar-refractivity contribution >= 4 is 23.8 Å². The molecule has 3 rings (SSSR count). The molecule has 0 bridgehead atoms. The Morgan fingerprint density at radius 3 is 2.27 bits per heavy atom. The van der Waals surface area contributed by atoms with E-state index in [1.807, 2.05) is 36.4 Å². The highest BCUT2D eigenvalue weighted by Gasteiger charge is 2.29. The molecule has 1 aliphatic rings. The quantitative estimate of drug-likeness (QED) is 0.497. The van der Waals surface area contributed by atoms with Crippen LogP contribution in [-0.4, -0.2) is 48.2 Å². The molecule has 0 spiro atoms. The highest BCUT2D eigenvalue weighted by molar-refractivity contribution is 5.93. The first kappa shape index (κ1) is 23.5. The molecule has 0 fully saturated rings. The van der Waals surface area contributed by atoms with Crippen molar-refractivity contribution in [3.05, 3.63) is 83.1 Å². The number of rotatable bonds is 11. The van der Waals surface area contributed by atoms with Crippen LogP contribution < -0.4 is 5.32 Å². The van der Waals surface area contributed by atoms with E-state index < -0.39 is 42.9 Å². The number of Topliss-reactive ketones (excluding diaryl/α,β-unsaturated/α-hetero) is 1. The van der Waals surface area contributed by atoms with Crippen molar-refractivity contribution < 1.29 is 38.5 Å². The minimum absolute atomic E-state index is 0.0354. The van der Waals surface area contributed by atoms with Gasteiger partial charge in [-0.15, -0.1) is 0 Å². The van der Waals surface area contributed by atoms with Gasteiger partial charge in [-0.25, -0.2) is 9.59 Å². The van der Waals surface area contributed by atoms with Gasteiger partial charge >= 0.3 is 18.0 Å². The van der Waals surface area contributed by atoms with Crippen LogP contribution in [0.3, 0.4) is 0 Å². The Morgan fingerprint density at radius 1 is 1.00 bits per heavy atom. The van der Waals surface area contributed by atoms with Gasteiger partial charge in [-0.05, 0) is 11.1 Å². The summed E-state index contributed by atoms with van der Waals surface area (Å²) in [5, 5.41) is 11.4. The summed E-state index contributed by atoms with van der Waals surface area (Å²) in [5.74, 6) is -2.29. The summed E-state index contributed by atoms with van der Waals surface area (Å²) >= 11 is 0. The fraction of sp³-hybridized carbons (Fsp3) is 0.250. The molecule has 2 N–H and O–H groups in total. The predicted octanol–water partition coefficient (Wildman–Crippen LogP) is 2.40. The normalized spacial score (nSPS) is 13.8. The molecule has 1 atom stereocenters. The fourth-order valence-corrected chi connectivity index (χ4v) is 3.10. The number of aliphatic carboxylic acids is 1. The lowest BCUT2D eigenvalue weighted by atomic mass is 10.1. The molecule has 172 valence electrons. The Balaban J connectivity index is 1.59. The fourth-order valence-electron chi connectivity index (χ4n) is 3.10. The number of benzene rings is 2. The number of esters is 1. The lowest BCUT2D eigenvalue weighted by Gasteiger charge is -2.16. The van der Waals surface area contributed by atoms with Crippen LogP contribution in [-0.2, 0) is 41.6 Å². The van der Waals surface area contributed by atoms with Crippen molar-refractivity contribution in [1.82, 2.24) is 5.32 Å². The van der Waals surface area contributed by atoms with E-state index in [0.717, 1.165) is 11.1 Å². The summed E-state index contributed by atoms with van der Waals surface area (Å²) in [7, 11) is 0. The summed E-state index contributed by atoms with van der Waals surface area (Å²) in [6, 6.07) is 16.7. The molecule has 0 aliphatic carbocycles. The second-order valence-corrected chi connectivity index (χ2v) is 7.25. The molecule has 0 saturated heterocycles. The highest BCUT2D eigenvalue weighted by Crippen LogP contribution is 2.21. The number of ether oxygens (including phenoxy) is 3. The second kappa shape index (κ2) is 11.5. The number of hydrogen-bond donors (Lipinski definition) is 2. The molecular weight excluding hydrogens is 430 g/mol. The first-order valence-electron chi connectivity index (χ1n) is 10.2. The van der Waals surface area contributed by atoms with Crippen LogP contribution in [0.25, 0.3) is 0 Å². The smallest absolute Gasteiger partial charge is 0.408 e. The van der Waals surface area contributed by atoms with E-state index in [2.05, 4.69) is 5.32 Å². The molecule has 2 aromatic carbocycles. The van der Waals surface area contributed by atoms with Gasteiger partial charge in [0.25, 0.3) is 0 Å².